The van der Waals surface area contributed by atoms with Crippen molar-refractivity contribution in [2.75, 3.05) is 0 Å². The van der Waals surface area contributed by atoms with Gasteiger partial charge in [0, 0.05) is 49.0 Å². The maximum atomic E-state index is 6.80. The molecule has 260 valence electrons. The predicted molar refractivity (Wildman–Crippen MR) is 220 cm³/mol. The van der Waals surface area contributed by atoms with E-state index in [1.807, 2.05) is 36.4 Å². The Kier molecular flexibility index (Phi) is 6.53. The molecule has 0 radical (unpaired) electrons. The van der Waals surface area contributed by atoms with Gasteiger partial charge in [0.05, 0.1) is 11.2 Å². The van der Waals surface area contributed by atoms with Gasteiger partial charge in [0.2, 0.25) is 0 Å². The number of fused-ring (bicyclic) bond motifs is 9. The van der Waals surface area contributed by atoms with Crippen LogP contribution >= 0.6 is 0 Å². The maximum Gasteiger partial charge on any atom is 0.494 e. The van der Waals surface area contributed by atoms with Gasteiger partial charge in [0.15, 0.2) is 0 Å². The van der Waals surface area contributed by atoms with Crippen molar-refractivity contribution in [2.45, 2.75) is 38.9 Å². The molecular formula is C48H35BO5. The summed E-state index contributed by atoms with van der Waals surface area (Å²) in [6.45, 7) is 8.32. The van der Waals surface area contributed by atoms with Crippen LogP contribution in [0.1, 0.15) is 27.7 Å². The van der Waals surface area contributed by atoms with Gasteiger partial charge in [-0.2, -0.15) is 0 Å². The third kappa shape index (κ3) is 4.47. The van der Waals surface area contributed by atoms with Crippen LogP contribution in [0.15, 0.2) is 153 Å². The lowest BCUT2D eigenvalue weighted by atomic mass is 9.78. The standard InChI is InChI=1S/C48H35BO5/c1-47(2)48(3,4)54-49(53-47)29-22-20-28(21-23-29)30-24-26-35(45-42(30)37-13-6-9-18-40(37)51-45)36-27-25-32(43-38-14-7-10-19-41(38)52-46(36)43)34-16-11-15-33-31-12-5-8-17-39(31)50-44(33)34/h5-27H,1-4H3. The highest BCUT2D eigenvalue weighted by molar-refractivity contribution is 6.62. The van der Waals surface area contributed by atoms with Gasteiger partial charge < -0.3 is 22.6 Å². The Morgan fingerprint density at radius 3 is 1.43 bits per heavy atom. The molecule has 0 saturated carbocycles. The van der Waals surface area contributed by atoms with Crippen LogP contribution < -0.4 is 5.46 Å². The van der Waals surface area contributed by atoms with Crippen molar-refractivity contribution in [1.82, 2.24) is 0 Å². The topological polar surface area (TPSA) is 57.9 Å². The zero-order valence-electron chi connectivity index (χ0n) is 30.4. The van der Waals surface area contributed by atoms with Crippen molar-refractivity contribution >= 4 is 78.4 Å². The van der Waals surface area contributed by atoms with Crippen LogP contribution in [0.25, 0.3) is 99.2 Å². The molecule has 10 aromatic rings. The SMILES string of the molecule is CC1(C)OB(c2ccc(-c3ccc(-c4ccc(-c5cccc6c5oc5ccccc56)c5c4oc4ccccc45)c4oc5ccccc5c34)cc2)OC1(C)C. The molecule has 0 aliphatic carbocycles. The number of furan rings is 3. The van der Waals surface area contributed by atoms with Crippen LogP contribution in [-0.4, -0.2) is 18.3 Å². The lowest BCUT2D eigenvalue weighted by Crippen LogP contribution is -2.41. The molecule has 54 heavy (non-hydrogen) atoms. The normalized spacial score (nSPS) is 15.5. The monoisotopic (exact) mass is 702 g/mol. The van der Waals surface area contributed by atoms with Crippen molar-refractivity contribution in [2.24, 2.45) is 0 Å². The first kappa shape index (κ1) is 31.5. The molecule has 3 aromatic heterocycles. The molecule has 0 atom stereocenters. The van der Waals surface area contributed by atoms with E-state index in [2.05, 4.69) is 131 Å². The first-order valence-corrected chi connectivity index (χ1v) is 18.5. The molecule has 7 aromatic carbocycles. The summed E-state index contributed by atoms with van der Waals surface area (Å²) in [6.07, 6.45) is 0. The molecule has 0 bridgehead atoms. The van der Waals surface area contributed by atoms with Gasteiger partial charge in [0.25, 0.3) is 0 Å². The largest absolute Gasteiger partial charge is 0.494 e. The molecular weight excluding hydrogens is 667 g/mol. The molecule has 1 aliphatic rings. The maximum absolute atomic E-state index is 6.80. The number of hydrogen-bond donors (Lipinski definition) is 0. The van der Waals surface area contributed by atoms with Crippen LogP contribution in [-0.2, 0) is 9.31 Å². The van der Waals surface area contributed by atoms with Crippen LogP contribution in [0.5, 0.6) is 0 Å². The second kappa shape index (κ2) is 11.2. The van der Waals surface area contributed by atoms with Crippen molar-refractivity contribution in [3.05, 3.63) is 140 Å². The lowest BCUT2D eigenvalue weighted by molar-refractivity contribution is 0.00578. The van der Waals surface area contributed by atoms with E-state index in [1.54, 1.807) is 0 Å². The predicted octanol–water partition coefficient (Wildman–Crippen LogP) is 12.7. The summed E-state index contributed by atoms with van der Waals surface area (Å²) in [5.74, 6) is 0. The van der Waals surface area contributed by atoms with Crippen molar-refractivity contribution < 1.29 is 22.6 Å². The van der Waals surface area contributed by atoms with Crippen molar-refractivity contribution in [3.8, 4) is 33.4 Å². The third-order valence-corrected chi connectivity index (χ3v) is 11.8. The van der Waals surface area contributed by atoms with E-state index >= 15 is 0 Å². The molecule has 1 aliphatic heterocycles. The van der Waals surface area contributed by atoms with Crippen LogP contribution in [0.4, 0.5) is 0 Å². The Bertz CT molecular complexity index is 3110. The van der Waals surface area contributed by atoms with E-state index in [0.29, 0.717) is 0 Å². The highest BCUT2D eigenvalue weighted by Crippen LogP contribution is 2.48. The molecule has 0 amide bonds. The third-order valence-electron chi connectivity index (χ3n) is 11.8. The number of benzene rings is 7. The van der Waals surface area contributed by atoms with E-state index in [1.165, 1.54) is 0 Å². The van der Waals surface area contributed by atoms with E-state index < -0.39 is 18.3 Å². The lowest BCUT2D eigenvalue weighted by Gasteiger charge is -2.32. The first-order chi connectivity index (χ1) is 26.3. The first-order valence-electron chi connectivity index (χ1n) is 18.5. The van der Waals surface area contributed by atoms with Crippen molar-refractivity contribution in [1.29, 1.82) is 0 Å². The average Bonchev–Trinajstić information content (AvgIpc) is 3.93. The van der Waals surface area contributed by atoms with Gasteiger partial charge in [0.1, 0.15) is 33.5 Å². The quantitative estimate of drug-likeness (QED) is 0.171. The summed E-state index contributed by atoms with van der Waals surface area (Å²) in [5.41, 5.74) is 11.4. The van der Waals surface area contributed by atoms with E-state index in [4.69, 9.17) is 22.6 Å². The molecule has 5 nitrogen and oxygen atoms in total. The zero-order valence-corrected chi connectivity index (χ0v) is 30.4. The highest BCUT2D eigenvalue weighted by Gasteiger charge is 2.51. The molecule has 0 unspecified atom stereocenters. The fraction of sp³-hybridized carbons (Fsp3) is 0.125. The second-order valence-electron chi connectivity index (χ2n) is 15.4. The van der Waals surface area contributed by atoms with Crippen LogP contribution in [0.2, 0.25) is 0 Å². The van der Waals surface area contributed by atoms with Gasteiger partial charge >= 0.3 is 7.12 Å². The minimum absolute atomic E-state index is 0.405. The van der Waals surface area contributed by atoms with E-state index in [-0.39, 0.29) is 0 Å². The van der Waals surface area contributed by atoms with Gasteiger partial charge in [-0.05, 0) is 80.2 Å². The summed E-state index contributed by atoms with van der Waals surface area (Å²) in [4.78, 5) is 0. The Hall–Kier alpha value is -6.08. The van der Waals surface area contributed by atoms with Crippen LogP contribution in [0.3, 0.4) is 0 Å². The molecule has 6 heteroatoms. The summed E-state index contributed by atoms with van der Waals surface area (Å²) in [6, 6.07) is 48.4. The molecule has 0 N–H and O–H groups in total. The Labute approximate surface area is 311 Å². The minimum Gasteiger partial charge on any atom is -0.455 e. The summed E-state index contributed by atoms with van der Waals surface area (Å²) < 4.78 is 32.8. The molecule has 1 saturated heterocycles. The summed E-state index contributed by atoms with van der Waals surface area (Å²) >= 11 is 0. The number of para-hydroxylation sites is 4. The van der Waals surface area contributed by atoms with Gasteiger partial charge in [-0.1, -0.05) is 109 Å². The summed E-state index contributed by atoms with van der Waals surface area (Å²) in [5, 5.41) is 6.42. The number of hydrogen-bond acceptors (Lipinski definition) is 5. The fourth-order valence-corrected chi connectivity index (χ4v) is 8.30. The summed E-state index contributed by atoms with van der Waals surface area (Å²) in [7, 11) is -0.422. The second-order valence-corrected chi connectivity index (χ2v) is 15.4. The van der Waals surface area contributed by atoms with E-state index in [9.17, 15) is 0 Å². The molecule has 0 spiro atoms. The Morgan fingerprint density at radius 1 is 0.370 bits per heavy atom. The molecule has 4 heterocycles. The number of rotatable bonds is 4. The fourth-order valence-electron chi connectivity index (χ4n) is 8.30. The molecule has 11 rings (SSSR count). The van der Waals surface area contributed by atoms with Crippen molar-refractivity contribution in [3.63, 3.8) is 0 Å². The van der Waals surface area contributed by atoms with Gasteiger partial charge in [-0.25, -0.2) is 0 Å². The van der Waals surface area contributed by atoms with Gasteiger partial charge in [-0.3, -0.25) is 0 Å². The molecule has 1 fully saturated rings. The minimum atomic E-state index is -0.422. The average molecular weight is 703 g/mol. The van der Waals surface area contributed by atoms with Crippen LogP contribution in [0, 0.1) is 0 Å². The van der Waals surface area contributed by atoms with Gasteiger partial charge in [-0.15, -0.1) is 0 Å². The Balaban J connectivity index is 1.11. The highest BCUT2D eigenvalue weighted by atomic mass is 16.7. The zero-order chi connectivity index (χ0) is 36.3. The Morgan fingerprint density at radius 2 is 0.815 bits per heavy atom. The smallest absolute Gasteiger partial charge is 0.455 e. The van der Waals surface area contributed by atoms with E-state index in [0.717, 1.165) is 105 Å².